The van der Waals surface area contributed by atoms with Gasteiger partial charge in [0, 0.05) is 39.1 Å². The molecule has 0 atom stereocenters. The number of hydrogen-bond acceptors (Lipinski definition) is 3. The van der Waals surface area contributed by atoms with Crippen molar-refractivity contribution >= 4 is 39.2 Å². The molecule has 1 aliphatic rings. The van der Waals surface area contributed by atoms with Gasteiger partial charge in [0.05, 0.1) is 5.52 Å². The average Bonchev–Trinajstić information content (AvgIpc) is 3.45. The van der Waals surface area contributed by atoms with Gasteiger partial charge in [0.2, 0.25) is 11.7 Å². The number of ketones is 1. The number of nitrogens with one attached hydrogen (secondary N) is 1. The fourth-order valence-corrected chi connectivity index (χ4v) is 3.60. The average molecular weight is 377 g/mol. The molecule has 1 fully saturated rings. The van der Waals surface area contributed by atoms with Crippen molar-refractivity contribution in [1.82, 2.24) is 9.97 Å². The highest BCUT2D eigenvalue weighted by Crippen LogP contribution is 2.41. The maximum atomic E-state index is 12.6. The Hall–Kier alpha value is -2.85. The molecule has 27 heavy (non-hydrogen) atoms. The second-order valence-electron chi connectivity index (χ2n) is 6.98. The Morgan fingerprint density at radius 3 is 2.89 bits per heavy atom. The molecular formula is C22H17ClN2O2. The van der Waals surface area contributed by atoms with Crippen molar-refractivity contribution in [2.24, 2.45) is 0 Å². The van der Waals surface area contributed by atoms with E-state index < -0.39 is 0 Å². The van der Waals surface area contributed by atoms with Gasteiger partial charge in [-0.2, -0.15) is 0 Å². The highest BCUT2D eigenvalue weighted by molar-refractivity contribution is 6.31. The summed E-state index contributed by atoms with van der Waals surface area (Å²) in [7, 11) is 0. The van der Waals surface area contributed by atoms with Crippen molar-refractivity contribution < 1.29 is 9.53 Å². The molecule has 0 saturated heterocycles. The molecule has 2 aromatic carbocycles. The van der Waals surface area contributed by atoms with Gasteiger partial charge < -0.3 is 9.72 Å². The monoisotopic (exact) mass is 376 g/mol. The number of pyridine rings is 1. The second-order valence-corrected chi connectivity index (χ2v) is 7.42. The zero-order valence-electron chi connectivity index (χ0n) is 14.5. The number of fused-ring (bicyclic) bond motifs is 2. The molecule has 5 rings (SSSR count). The number of nitrogens with zero attached hydrogens (tertiary/aromatic N) is 1. The normalized spacial score (nSPS) is 14.0. The first-order valence-corrected chi connectivity index (χ1v) is 9.38. The zero-order valence-corrected chi connectivity index (χ0v) is 15.3. The lowest BCUT2D eigenvalue weighted by Crippen LogP contribution is -2.11. The number of carbonyl (C=O) groups is 1. The van der Waals surface area contributed by atoms with E-state index in [1.807, 2.05) is 24.3 Å². The molecule has 4 nitrogen and oxygen atoms in total. The van der Waals surface area contributed by atoms with Gasteiger partial charge in [-0.1, -0.05) is 23.7 Å². The van der Waals surface area contributed by atoms with E-state index in [9.17, 15) is 4.79 Å². The van der Waals surface area contributed by atoms with E-state index in [1.54, 1.807) is 18.3 Å². The van der Waals surface area contributed by atoms with E-state index in [0.717, 1.165) is 21.8 Å². The van der Waals surface area contributed by atoms with Crippen LogP contribution < -0.4 is 4.74 Å². The lowest BCUT2D eigenvalue weighted by atomic mass is 10.1. The van der Waals surface area contributed by atoms with Crippen molar-refractivity contribution in [3.63, 3.8) is 0 Å². The summed E-state index contributed by atoms with van der Waals surface area (Å²) in [4.78, 5) is 20.3. The van der Waals surface area contributed by atoms with Crippen LogP contribution in [0.25, 0.3) is 21.8 Å². The van der Waals surface area contributed by atoms with Crippen LogP contribution in [0, 0.1) is 0 Å². The number of benzene rings is 2. The summed E-state index contributed by atoms with van der Waals surface area (Å²) in [6.45, 7) is -0.0522. The molecule has 5 heteroatoms. The summed E-state index contributed by atoms with van der Waals surface area (Å²) < 4.78 is 5.64. The Bertz CT molecular complexity index is 1180. The van der Waals surface area contributed by atoms with Gasteiger partial charge in [-0.25, -0.2) is 4.98 Å². The third-order valence-electron chi connectivity index (χ3n) is 5.03. The van der Waals surface area contributed by atoms with Gasteiger partial charge in [0.25, 0.3) is 0 Å². The minimum Gasteiger partial charge on any atom is -0.469 e. The first-order valence-electron chi connectivity index (χ1n) is 9.01. The van der Waals surface area contributed by atoms with Gasteiger partial charge in [0.15, 0.2) is 6.61 Å². The van der Waals surface area contributed by atoms with E-state index in [-0.39, 0.29) is 12.4 Å². The van der Waals surface area contributed by atoms with E-state index in [2.05, 4.69) is 22.1 Å². The summed E-state index contributed by atoms with van der Waals surface area (Å²) in [5.41, 5.74) is 3.78. The highest BCUT2D eigenvalue weighted by atomic mass is 35.5. The van der Waals surface area contributed by atoms with Crippen molar-refractivity contribution in [2.45, 2.75) is 18.8 Å². The molecule has 134 valence electrons. The molecule has 2 aromatic heterocycles. The van der Waals surface area contributed by atoms with Gasteiger partial charge in [-0.3, -0.25) is 4.79 Å². The number of rotatable bonds is 5. The molecule has 1 aliphatic carbocycles. The molecule has 4 aromatic rings. The van der Waals surface area contributed by atoms with Crippen LogP contribution in [0.1, 0.15) is 34.7 Å². The molecule has 1 saturated carbocycles. The van der Waals surface area contributed by atoms with Crippen LogP contribution in [0.2, 0.25) is 5.02 Å². The largest absolute Gasteiger partial charge is 0.469 e. The summed E-state index contributed by atoms with van der Waals surface area (Å²) in [6, 6.07) is 15.4. The van der Waals surface area contributed by atoms with Crippen LogP contribution in [0.4, 0.5) is 0 Å². The SMILES string of the molecule is O=C(COc1ccc2cc(Cl)ccc2n1)c1c[nH]c2cc(C3CC3)ccc12. The van der Waals surface area contributed by atoms with Gasteiger partial charge in [-0.15, -0.1) is 0 Å². The quantitative estimate of drug-likeness (QED) is 0.467. The predicted molar refractivity (Wildman–Crippen MR) is 107 cm³/mol. The van der Waals surface area contributed by atoms with Gasteiger partial charge in [0.1, 0.15) is 0 Å². The van der Waals surface area contributed by atoms with Crippen LogP contribution >= 0.6 is 11.6 Å². The first kappa shape index (κ1) is 16.3. The lowest BCUT2D eigenvalue weighted by molar-refractivity contribution is 0.0920. The maximum absolute atomic E-state index is 12.6. The fraction of sp³-hybridized carbons (Fsp3) is 0.182. The molecule has 0 spiro atoms. The second kappa shape index (κ2) is 6.39. The van der Waals surface area contributed by atoms with Crippen molar-refractivity contribution in [3.8, 4) is 5.88 Å². The minimum absolute atomic E-state index is 0.0522. The Morgan fingerprint density at radius 2 is 2.04 bits per heavy atom. The Morgan fingerprint density at radius 1 is 1.15 bits per heavy atom. The third kappa shape index (κ3) is 3.17. The molecule has 0 amide bonds. The molecule has 0 aliphatic heterocycles. The fourth-order valence-electron chi connectivity index (χ4n) is 3.42. The number of aromatic nitrogens is 2. The van der Waals surface area contributed by atoms with Gasteiger partial charge in [-0.05, 0) is 54.7 Å². The van der Waals surface area contributed by atoms with E-state index in [1.165, 1.54) is 18.4 Å². The van der Waals surface area contributed by atoms with Crippen LogP contribution in [0.5, 0.6) is 5.88 Å². The molecule has 0 radical (unpaired) electrons. The Labute approximate surface area is 161 Å². The number of Topliss-reactive ketones (excluding diaryl/α,β-unsaturated/α-hetero) is 1. The number of ether oxygens (including phenoxy) is 1. The molecular weight excluding hydrogens is 360 g/mol. The summed E-state index contributed by atoms with van der Waals surface area (Å²) in [6.07, 6.45) is 4.29. The topological polar surface area (TPSA) is 55.0 Å². The standard InChI is InChI=1S/C22H17ClN2O2/c23-16-5-7-19-15(9-16)4-8-22(25-19)27-12-21(26)18-11-24-20-10-14(13-1-2-13)3-6-17(18)20/h3-11,13,24H,1-2,12H2. The molecule has 0 bridgehead atoms. The molecule has 2 heterocycles. The summed E-state index contributed by atoms with van der Waals surface area (Å²) in [5.74, 6) is 1.04. The van der Waals surface area contributed by atoms with E-state index >= 15 is 0 Å². The molecule has 0 unspecified atom stereocenters. The van der Waals surface area contributed by atoms with Crippen LogP contribution in [-0.2, 0) is 0 Å². The Balaban J connectivity index is 1.34. The van der Waals surface area contributed by atoms with Crippen LogP contribution in [-0.4, -0.2) is 22.4 Å². The number of hydrogen-bond donors (Lipinski definition) is 1. The molecule has 1 N–H and O–H groups in total. The number of H-pyrrole nitrogens is 1. The first-order chi connectivity index (χ1) is 13.2. The minimum atomic E-state index is -0.0709. The Kier molecular flexibility index (Phi) is 3.87. The third-order valence-corrected chi connectivity index (χ3v) is 5.27. The predicted octanol–water partition coefficient (Wildman–Crippen LogP) is 5.51. The van der Waals surface area contributed by atoms with E-state index in [0.29, 0.717) is 22.4 Å². The zero-order chi connectivity index (χ0) is 18.4. The van der Waals surface area contributed by atoms with Crippen LogP contribution in [0.15, 0.2) is 54.7 Å². The van der Waals surface area contributed by atoms with Crippen molar-refractivity contribution in [1.29, 1.82) is 0 Å². The van der Waals surface area contributed by atoms with Crippen LogP contribution in [0.3, 0.4) is 0 Å². The lowest BCUT2D eigenvalue weighted by Gasteiger charge is -2.06. The van der Waals surface area contributed by atoms with Crippen molar-refractivity contribution in [3.05, 3.63) is 70.9 Å². The number of carbonyl (C=O) groups excluding carboxylic acids is 1. The highest BCUT2D eigenvalue weighted by Gasteiger charge is 2.24. The summed E-state index contributed by atoms with van der Waals surface area (Å²) in [5, 5.41) is 2.54. The van der Waals surface area contributed by atoms with E-state index in [4.69, 9.17) is 16.3 Å². The van der Waals surface area contributed by atoms with Gasteiger partial charge >= 0.3 is 0 Å². The number of aromatic amines is 1. The summed E-state index contributed by atoms with van der Waals surface area (Å²) >= 11 is 5.99. The maximum Gasteiger partial charge on any atom is 0.214 e. The van der Waals surface area contributed by atoms with Crippen molar-refractivity contribution in [2.75, 3.05) is 6.61 Å². The smallest absolute Gasteiger partial charge is 0.214 e. The number of halogens is 1.